The van der Waals surface area contributed by atoms with Crippen molar-refractivity contribution in [3.05, 3.63) is 34.9 Å². The lowest BCUT2D eigenvalue weighted by Crippen LogP contribution is -2.39. The third kappa shape index (κ3) is 6.95. The quantitative estimate of drug-likeness (QED) is 0.262. The first kappa shape index (κ1) is 31.0. The average Bonchev–Trinajstić information content (AvgIpc) is 3.65. The van der Waals surface area contributed by atoms with Crippen LogP contribution < -0.4 is 26.6 Å². The van der Waals surface area contributed by atoms with Crippen molar-refractivity contribution in [1.29, 1.82) is 0 Å². The largest absolute Gasteiger partial charge is 0.416 e. The van der Waals surface area contributed by atoms with E-state index in [9.17, 15) is 26.3 Å². The van der Waals surface area contributed by atoms with Gasteiger partial charge in [-0.25, -0.2) is 0 Å². The summed E-state index contributed by atoms with van der Waals surface area (Å²) in [5.74, 6) is 2.19. The van der Waals surface area contributed by atoms with E-state index < -0.39 is 23.5 Å². The Morgan fingerprint density at radius 2 is 1.52 bits per heavy atom. The summed E-state index contributed by atoms with van der Waals surface area (Å²) in [6, 6.07) is 2.85. The number of halogens is 6. The third-order valence-corrected chi connectivity index (χ3v) is 9.52. The third-order valence-electron chi connectivity index (χ3n) is 9.52. The van der Waals surface area contributed by atoms with Gasteiger partial charge in [-0.15, -0.1) is 0 Å². The number of nitrogens with one attached hydrogen (secondary N) is 3. The number of rotatable bonds is 7. The van der Waals surface area contributed by atoms with Gasteiger partial charge >= 0.3 is 12.4 Å². The van der Waals surface area contributed by atoms with E-state index in [1.807, 2.05) is 4.90 Å². The fourth-order valence-electron chi connectivity index (χ4n) is 7.02. The Hall–Kier alpha value is -3.00. The molecule has 2 aliphatic carbocycles. The van der Waals surface area contributed by atoms with Gasteiger partial charge in [0, 0.05) is 43.8 Å². The van der Waals surface area contributed by atoms with E-state index in [0.717, 1.165) is 62.2 Å². The molecule has 3 heterocycles. The summed E-state index contributed by atoms with van der Waals surface area (Å²) in [4.78, 5) is 14.0. The molecular formula is C30H40F6N8. The highest BCUT2D eigenvalue weighted by atomic mass is 19.4. The number of anilines is 4. The Labute approximate surface area is 253 Å². The molecule has 0 radical (unpaired) electrons. The van der Waals surface area contributed by atoms with Crippen molar-refractivity contribution in [2.45, 2.75) is 107 Å². The number of likely N-dealkylation sites (tertiary alicyclic amines) is 1. The molecule has 242 valence electrons. The highest BCUT2D eigenvalue weighted by molar-refractivity contribution is 5.83. The van der Waals surface area contributed by atoms with Crippen LogP contribution in [-0.4, -0.2) is 58.8 Å². The molecule has 44 heavy (non-hydrogen) atoms. The molecule has 8 nitrogen and oxygen atoms in total. The summed E-state index contributed by atoms with van der Waals surface area (Å²) >= 11 is 0. The van der Waals surface area contributed by atoms with Crippen LogP contribution in [0.2, 0.25) is 0 Å². The maximum atomic E-state index is 13.7. The fraction of sp³-hybridized carbons (Fsp3) is 0.667. The normalized spacial score (nSPS) is 23.9. The summed E-state index contributed by atoms with van der Waals surface area (Å²) in [6.07, 6.45) is 0.0840. The highest BCUT2D eigenvalue weighted by Gasteiger charge is 2.39. The summed E-state index contributed by atoms with van der Waals surface area (Å²) in [5.41, 5.74) is 4.29. The molecule has 0 atom stereocenters. The Balaban J connectivity index is 1.15. The van der Waals surface area contributed by atoms with Crippen LogP contribution >= 0.6 is 0 Å². The molecule has 2 saturated carbocycles. The average molecular weight is 627 g/mol. The van der Waals surface area contributed by atoms with Crippen LogP contribution in [0.1, 0.15) is 80.9 Å². The summed E-state index contributed by atoms with van der Waals surface area (Å²) in [5, 5.41) is 10.6. The standard InChI is InChI=1S/C30H40F6N8/c31-29(32,33)19-6-5-18(24(15-19)30(34,35)36)16-43-13-11-22(12-14-43)39-26-25-27(44(17-38-25)23-3-1-2-4-23)42-28(41-26)40-21-9-7-20(37)8-10-21/h5-6,15,20-23,38H,1-4,7-14,16-17,37H2,(H2,39,40,41,42). The number of nitrogens with two attached hydrogens (primary N) is 1. The Kier molecular flexibility index (Phi) is 8.75. The van der Waals surface area contributed by atoms with Gasteiger partial charge in [0.05, 0.1) is 17.8 Å². The number of nitrogens with zero attached hydrogens (tertiary/aromatic N) is 4. The number of hydrogen-bond acceptors (Lipinski definition) is 8. The predicted molar refractivity (Wildman–Crippen MR) is 157 cm³/mol. The van der Waals surface area contributed by atoms with E-state index in [-0.39, 0.29) is 36.3 Å². The van der Waals surface area contributed by atoms with Gasteiger partial charge in [0.2, 0.25) is 5.95 Å². The molecule has 6 rings (SSSR count). The van der Waals surface area contributed by atoms with Gasteiger partial charge in [-0.05, 0) is 69.1 Å². The Morgan fingerprint density at radius 1 is 0.841 bits per heavy atom. The molecule has 2 aromatic rings. The molecule has 0 unspecified atom stereocenters. The van der Waals surface area contributed by atoms with E-state index in [4.69, 9.17) is 15.7 Å². The van der Waals surface area contributed by atoms with Crippen molar-refractivity contribution in [3.63, 3.8) is 0 Å². The van der Waals surface area contributed by atoms with E-state index in [0.29, 0.717) is 50.4 Å². The Bertz CT molecular complexity index is 1300. The number of fused-ring (bicyclic) bond motifs is 1. The number of hydrogen-bond donors (Lipinski definition) is 4. The van der Waals surface area contributed by atoms with Crippen LogP contribution in [0.3, 0.4) is 0 Å². The molecule has 1 saturated heterocycles. The zero-order chi connectivity index (χ0) is 31.1. The van der Waals surface area contributed by atoms with Crippen LogP contribution in [0.25, 0.3) is 0 Å². The lowest BCUT2D eigenvalue weighted by molar-refractivity contribution is -0.143. The second-order valence-electron chi connectivity index (χ2n) is 12.7. The van der Waals surface area contributed by atoms with Crippen molar-refractivity contribution in [3.8, 4) is 0 Å². The SMILES string of the molecule is NC1CCC(Nc2nc(NC3CCN(Cc4ccc(C(F)(F)F)cc4C(F)(F)F)CC3)c3c(n2)N(C2CCCC2)CN3)CC1. The summed E-state index contributed by atoms with van der Waals surface area (Å²) in [7, 11) is 0. The minimum Gasteiger partial charge on any atom is -0.365 e. The minimum absolute atomic E-state index is 0.0304. The molecule has 5 N–H and O–H groups in total. The van der Waals surface area contributed by atoms with Crippen molar-refractivity contribution in [1.82, 2.24) is 14.9 Å². The zero-order valence-electron chi connectivity index (χ0n) is 24.6. The van der Waals surface area contributed by atoms with E-state index >= 15 is 0 Å². The van der Waals surface area contributed by atoms with Crippen molar-refractivity contribution in [2.24, 2.45) is 5.73 Å². The predicted octanol–water partition coefficient (Wildman–Crippen LogP) is 6.40. The number of piperidine rings is 1. The van der Waals surface area contributed by atoms with Crippen LogP contribution in [-0.2, 0) is 18.9 Å². The lowest BCUT2D eigenvalue weighted by atomic mass is 9.92. The molecule has 1 aromatic carbocycles. The van der Waals surface area contributed by atoms with Crippen LogP contribution in [0, 0.1) is 0 Å². The minimum atomic E-state index is -4.88. The van der Waals surface area contributed by atoms with Gasteiger partial charge in [0.1, 0.15) is 5.69 Å². The molecule has 14 heteroatoms. The van der Waals surface area contributed by atoms with Gasteiger partial charge in [0.25, 0.3) is 0 Å². The summed E-state index contributed by atoms with van der Waals surface area (Å²) < 4.78 is 80.3. The van der Waals surface area contributed by atoms with Crippen LogP contribution in [0.4, 0.5) is 49.6 Å². The molecule has 0 amide bonds. The topological polar surface area (TPSA) is 94.4 Å². The van der Waals surface area contributed by atoms with Crippen molar-refractivity contribution >= 4 is 23.3 Å². The monoisotopic (exact) mass is 626 g/mol. The number of alkyl halides is 6. The number of benzene rings is 1. The Morgan fingerprint density at radius 3 is 2.18 bits per heavy atom. The molecule has 0 spiro atoms. The van der Waals surface area contributed by atoms with Crippen LogP contribution in [0.5, 0.6) is 0 Å². The molecule has 1 aromatic heterocycles. The van der Waals surface area contributed by atoms with E-state index in [1.54, 1.807) is 0 Å². The van der Waals surface area contributed by atoms with E-state index in [1.165, 1.54) is 12.8 Å². The maximum Gasteiger partial charge on any atom is 0.416 e. The maximum absolute atomic E-state index is 13.7. The lowest BCUT2D eigenvalue weighted by Gasteiger charge is -2.33. The first-order chi connectivity index (χ1) is 20.9. The first-order valence-corrected chi connectivity index (χ1v) is 15.6. The van der Waals surface area contributed by atoms with Crippen molar-refractivity contribution < 1.29 is 26.3 Å². The molecular weight excluding hydrogens is 586 g/mol. The van der Waals surface area contributed by atoms with Gasteiger partial charge in [-0.1, -0.05) is 18.9 Å². The van der Waals surface area contributed by atoms with Gasteiger partial charge in [0.15, 0.2) is 11.6 Å². The first-order valence-electron chi connectivity index (χ1n) is 15.6. The second-order valence-corrected chi connectivity index (χ2v) is 12.7. The smallest absolute Gasteiger partial charge is 0.365 e. The second kappa shape index (κ2) is 12.4. The molecule has 2 aliphatic heterocycles. The van der Waals surface area contributed by atoms with Gasteiger partial charge in [-0.3, -0.25) is 4.90 Å². The molecule has 3 fully saturated rings. The number of aromatic nitrogens is 2. The zero-order valence-corrected chi connectivity index (χ0v) is 24.6. The highest BCUT2D eigenvalue weighted by Crippen LogP contribution is 2.41. The van der Waals surface area contributed by atoms with Crippen molar-refractivity contribution in [2.75, 3.05) is 40.6 Å². The van der Waals surface area contributed by atoms with Crippen LogP contribution in [0.15, 0.2) is 18.2 Å². The summed E-state index contributed by atoms with van der Waals surface area (Å²) in [6.45, 7) is 1.59. The van der Waals surface area contributed by atoms with Gasteiger partial charge < -0.3 is 26.6 Å². The van der Waals surface area contributed by atoms with E-state index in [2.05, 4.69) is 20.9 Å². The fourth-order valence-corrected chi connectivity index (χ4v) is 7.02. The molecule has 4 aliphatic rings. The molecule has 0 bridgehead atoms. The van der Waals surface area contributed by atoms with Gasteiger partial charge in [-0.2, -0.15) is 36.3 Å².